The maximum atomic E-state index is 12.1. The maximum absolute atomic E-state index is 12.1. The number of hydrogen-bond donors (Lipinski definition) is 1. The van der Waals surface area contributed by atoms with E-state index >= 15 is 0 Å². The first-order chi connectivity index (χ1) is 8.06. The number of nitrogens with zero attached hydrogens (tertiary/aromatic N) is 1. The van der Waals surface area contributed by atoms with Crippen LogP contribution in [0.1, 0.15) is 18.9 Å². The molecular formula is C12H14N2O2S. The van der Waals surface area contributed by atoms with Crippen LogP contribution in [0.2, 0.25) is 0 Å². The Morgan fingerprint density at radius 2 is 2.29 bits per heavy atom. The molecule has 5 heteroatoms. The molecule has 1 unspecified atom stereocenters. The van der Waals surface area contributed by atoms with Crippen LogP contribution in [-0.4, -0.2) is 20.2 Å². The molecular weight excluding hydrogens is 236 g/mol. The molecule has 1 N–H and O–H groups in total. The van der Waals surface area contributed by atoms with Crippen molar-refractivity contribution < 1.29 is 8.42 Å². The van der Waals surface area contributed by atoms with Crippen molar-refractivity contribution in [2.45, 2.75) is 30.7 Å². The standard InChI is InChI=1S/C12H14N2O2S/c1-2-9-3-4-11-12(7-9)17(15,16)8-10(14-11)5-6-13/h3-4,7,10,14H,2,5,8H2,1H3. The van der Waals surface area contributed by atoms with Gasteiger partial charge in [0.2, 0.25) is 0 Å². The Bertz CT molecular complexity index is 573. The van der Waals surface area contributed by atoms with Crippen molar-refractivity contribution in [1.82, 2.24) is 0 Å². The van der Waals surface area contributed by atoms with Crippen molar-refractivity contribution in [2.75, 3.05) is 11.1 Å². The predicted molar refractivity (Wildman–Crippen MR) is 65.5 cm³/mol. The number of rotatable bonds is 2. The summed E-state index contributed by atoms with van der Waals surface area (Å²) in [5.41, 5.74) is 1.63. The van der Waals surface area contributed by atoms with Gasteiger partial charge >= 0.3 is 0 Å². The number of sulfone groups is 1. The Morgan fingerprint density at radius 1 is 1.53 bits per heavy atom. The normalized spacial score (nSPS) is 21.1. The number of aryl methyl sites for hydroxylation is 1. The second kappa shape index (κ2) is 4.38. The first-order valence-corrected chi connectivity index (χ1v) is 7.21. The van der Waals surface area contributed by atoms with Crippen LogP contribution in [0.3, 0.4) is 0 Å². The highest BCUT2D eigenvalue weighted by molar-refractivity contribution is 7.91. The first kappa shape index (κ1) is 11.9. The van der Waals surface area contributed by atoms with Gasteiger partial charge in [-0.2, -0.15) is 5.26 Å². The number of benzene rings is 1. The van der Waals surface area contributed by atoms with Crippen molar-refractivity contribution in [3.8, 4) is 6.07 Å². The lowest BCUT2D eigenvalue weighted by Gasteiger charge is -2.25. The largest absolute Gasteiger partial charge is 0.379 e. The third-order valence-corrected chi connectivity index (χ3v) is 4.76. The minimum Gasteiger partial charge on any atom is -0.379 e. The molecule has 1 aromatic carbocycles. The summed E-state index contributed by atoms with van der Waals surface area (Å²) in [6, 6.07) is 7.12. The lowest BCUT2D eigenvalue weighted by atomic mass is 10.1. The Hall–Kier alpha value is -1.54. The zero-order chi connectivity index (χ0) is 12.5. The lowest BCUT2D eigenvalue weighted by molar-refractivity contribution is 0.586. The molecule has 0 fully saturated rings. The molecule has 0 saturated heterocycles. The Labute approximate surface area is 101 Å². The number of nitrogens with one attached hydrogen (secondary N) is 1. The van der Waals surface area contributed by atoms with E-state index in [0.717, 1.165) is 12.0 Å². The summed E-state index contributed by atoms with van der Waals surface area (Å²) >= 11 is 0. The highest BCUT2D eigenvalue weighted by Gasteiger charge is 2.29. The fraction of sp³-hybridized carbons (Fsp3) is 0.417. The Balaban J connectivity index is 2.46. The van der Waals surface area contributed by atoms with Crippen LogP contribution >= 0.6 is 0 Å². The van der Waals surface area contributed by atoms with Crippen LogP contribution < -0.4 is 5.32 Å². The van der Waals surface area contributed by atoms with Gasteiger partial charge < -0.3 is 5.32 Å². The van der Waals surface area contributed by atoms with Crippen molar-refractivity contribution in [2.24, 2.45) is 0 Å². The summed E-state index contributed by atoms with van der Waals surface area (Å²) in [5, 5.41) is 11.7. The van der Waals surface area contributed by atoms with Crippen LogP contribution in [-0.2, 0) is 16.3 Å². The van der Waals surface area contributed by atoms with E-state index in [9.17, 15) is 8.42 Å². The van der Waals surface area contributed by atoms with Gasteiger partial charge in [0, 0.05) is 0 Å². The molecule has 1 aliphatic heterocycles. The van der Waals surface area contributed by atoms with Crippen LogP contribution in [0.4, 0.5) is 5.69 Å². The monoisotopic (exact) mass is 250 g/mol. The van der Waals surface area contributed by atoms with Gasteiger partial charge in [-0.15, -0.1) is 0 Å². The smallest absolute Gasteiger partial charge is 0.182 e. The fourth-order valence-corrected chi connectivity index (χ4v) is 3.70. The molecule has 1 heterocycles. The summed E-state index contributed by atoms with van der Waals surface area (Å²) in [5.74, 6) is 0.000722. The van der Waals surface area contributed by atoms with Crippen LogP contribution in [0.15, 0.2) is 23.1 Å². The summed E-state index contributed by atoms with van der Waals surface area (Å²) in [6.45, 7) is 1.99. The molecule has 0 saturated carbocycles. The fourth-order valence-electron chi connectivity index (χ4n) is 2.00. The van der Waals surface area contributed by atoms with E-state index in [0.29, 0.717) is 10.6 Å². The molecule has 1 aromatic rings. The third-order valence-electron chi connectivity index (χ3n) is 2.91. The highest BCUT2D eigenvalue weighted by Crippen LogP contribution is 2.30. The molecule has 0 aromatic heterocycles. The van der Waals surface area contributed by atoms with Gasteiger partial charge in [0.1, 0.15) is 0 Å². The van der Waals surface area contributed by atoms with Gasteiger partial charge in [0.05, 0.1) is 34.9 Å². The molecule has 0 bridgehead atoms. The lowest BCUT2D eigenvalue weighted by Crippen LogP contribution is -2.33. The molecule has 1 aliphatic rings. The van der Waals surface area contributed by atoms with E-state index < -0.39 is 9.84 Å². The zero-order valence-electron chi connectivity index (χ0n) is 9.60. The quantitative estimate of drug-likeness (QED) is 0.867. The average Bonchev–Trinajstić information content (AvgIpc) is 2.28. The summed E-state index contributed by atoms with van der Waals surface area (Å²) < 4.78 is 24.2. The molecule has 90 valence electrons. The average molecular weight is 250 g/mol. The molecule has 0 aliphatic carbocycles. The number of nitriles is 1. The number of anilines is 1. The Kier molecular flexibility index (Phi) is 3.07. The summed E-state index contributed by atoms with van der Waals surface area (Å²) in [7, 11) is -3.26. The molecule has 1 atom stereocenters. The molecule has 0 amide bonds. The van der Waals surface area contributed by atoms with Gasteiger partial charge in [-0.1, -0.05) is 13.0 Å². The molecule has 2 rings (SSSR count). The third kappa shape index (κ3) is 2.27. The van der Waals surface area contributed by atoms with Crippen LogP contribution in [0, 0.1) is 11.3 Å². The minimum absolute atomic E-state index is 0.000722. The van der Waals surface area contributed by atoms with Crippen molar-refractivity contribution in [3.63, 3.8) is 0 Å². The highest BCUT2D eigenvalue weighted by atomic mass is 32.2. The van der Waals surface area contributed by atoms with E-state index in [-0.39, 0.29) is 18.2 Å². The van der Waals surface area contributed by atoms with Crippen LogP contribution in [0.25, 0.3) is 0 Å². The predicted octanol–water partition coefficient (Wildman–Crippen LogP) is 1.73. The van der Waals surface area contributed by atoms with Crippen LogP contribution in [0.5, 0.6) is 0 Å². The van der Waals surface area contributed by atoms with E-state index in [4.69, 9.17) is 5.26 Å². The Morgan fingerprint density at radius 3 is 2.94 bits per heavy atom. The van der Waals surface area contributed by atoms with Gasteiger partial charge in [0.25, 0.3) is 0 Å². The molecule has 0 radical (unpaired) electrons. The number of hydrogen-bond acceptors (Lipinski definition) is 4. The SMILES string of the molecule is CCc1ccc2c(c1)S(=O)(=O)CC(CC#N)N2. The van der Waals surface area contributed by atoms with E-state index in [2.05, 4.69) is 5.32 Å². The molecule has 4 nitrogen and oxygen atoms in total. The van der Waals surface area contributed by atoms with Gasteiger partial charge in [-0.05, 0) is 24.1 Å². The molecule has 17 heavy (non-hydrogen) atoms. The maximum Gasteiger partial charge on any atom is 0.182 e. The second-order valence-corrected chi connectivity index (χ2v) is 6.17. The molecule has 0 spiro atoms. The van der Waals surface area contributed by atoms with Crippen molar-refractivity contribution in [1.29, 1.82) is 5.26 Å². The van der Waals surface area contributed by atoms with Gasteiger partial charge in [-0.3, -0.25) is 0 Å². The van der Waals surface area contributed by atoms with Crippen molar-refractivity contribution in [3.05, 3.63) is 23.8 Å². The topological polar surface area (TPSA) is 70.0 Å². The van der Waals surface area contributed by atoms with E-state index in [1.807, 2.05) is 19.1 Å². The van der Waals surface area contributed by atoms with Crippen molar-refractivity contribution >= 4 is 15.5 Å². The van der Waals surface area contributed by atoms with E-state index in [1.165, 1.54) is 0 Å². The van der Waals surface area contributed by atoms with E-state index in [1.54, 1.807) is 12.1 Å². The zero-order valence-corrected chi connectivity index (χ0v) is 10.4. The summed E-state index contributed by atoms with van der Waals surface area (Å²) in [4.78, 5) is 0.367. The van der Waals surface area contributed by atoms with Gasteiger partial charge in [-0.25, -0.2) is 8.42 Å². The minimum atomic E-state index is -3.26. The van der Waals surface area contributed by atoms with Gasteiger partial charge in [0.15, 0.2) is 9.84 Å². The summed E-state index contributed by atoms with van der Waals surface area (Å²) in [6.07, 6.45) is 1.01. The second-order valence-electron chi connectivity index (χ2n) is 4.17. The number of fused-ring (bicyclic) bond motifs is 1. The first-order valence-electron chi connectivity index (χ1n) is 5.56.